The maximum Gasteiger partial charge on any atom is 0.0784 e. The Hall–Kier alpha value is -0.120. The minimum Gasteiger partial charge on any atom is -0.382 e. The van der Waals surface area contributed by atoms with E-state index in [2.05, 4.69) is 19.2 Å². The molecule has 0 aliphatic heterocycles. The molecule has 1 N–H and O–H groups in total. The van der Waals surface area contributed by atoms with E-state index >= 15 is 0 Å². The van der Waals surface area contributed by atoms with Gasteiger partial charge in [0.2, 0.25) is 0 Å². The van der Waals surface area contributed by atoms with Crippen molar-refractivity contribution in [2.24, 2.45) is 0 Å². The standard InChI is InChI=1S/C12H27NO2/c1-5-6-7-8-13-9-11(2)15-12(3)10-14-4/h11-13H,5-10H2,1-4H3. The van der Waals surface area contributed by atoms with Gasteiger partial charge in [0.15, 0.2) is 0 Å². The lowest BCUT2D eigenvalue weighted by molar-refractivity contribution is -0.0299. The van der Waals surface area contributed by atoms with Crippen LogP contribution in [-0.4, -0.2) is 39.0 Å². The van der Waals surface area contributed by atoms with Crippen molar-refractivity contribution in [2.45, 2.75) is 52.2 Å². The molecule has 2 unspecified atom stereocenters. The fourth-order valence-electron chi connectivity index (χ4n) is 1.52. The molecule has 92 valence electrons. The predicted octanol–water partition coefficient (Wildman–Crippen LogP) is 2.21. The molecule has 2 atom stereocenters. The highest BCUT2D eigenvalue weighted by Crippen LogP contribution is 1.98. The second-order valence-corrected chi connectivity index (χ2v) is 4.12. The highest BCUT2D eigenvalue weighted by Gasteiger charge is 2.07. The number of rotatable bonds is 10. The normalized spacial score (nSPS) is 15.2. The zero-order chi connectivity index (χ0) is 11.5. The fraction of sp³-hybridized carbons (Fsp3) is 1.00. The van der Waals surface area contributed by atoms with Crippen LogP contribution in [0.15, 0.2) is 0 Å². The molecule has 3 heteroatoms. The van der Waals surface area contributed by atoms with Gasteiger partial charge in [-0.25, -0.2) is 0 Å². The van der Waals surface area contributed by atoms with Crippen LogP contribution in [0.25, 0.3) is 0 Å². The molecule has 0 saturated carbocycles. The van der Waals surface area contributed by atoms with Gasteiger partial charge >= 0.3 is 0 Å². The summed E-state index contributed by atoms with van der Waals surface area (Å²) in [5.74, 6) is 0. The maximum atomic E-state index is 5.71. The summed E-state index contributed by atoms with van der Waals surface area (Å²) in [5, 5.41) is 3.40. The molecule has 0 bridgehead atoms. The SMILES string of the molecule is CCCCCNCC(C)OC(C)COC. The summed E-state index contributed by atoms with van der Waals surface area (Å²) < 4.78 is 10.7. The molecule has 0 aliphatic carbocycles. The van der Waals surface area contributed by atoms with Gasteiger partial charge < -0.3 is 14.8 Å². The van der Waals surface area contributed by atoms with Gasteiger partial charge in [0.25, 0.3) is 0 Å². The molecule has 0 aromatic carbocycles. The van der Waals surface area contributed by atoms with E-state index in [1.54, 1.807) is 7.11 Å². The van der Waals surface area contributed by atoms with Crippen LogP contribution in [0.3, 0.4) is 0 Å². The molecule has 0 aromatic heterocycles. The summed E-state index contributed by atoms with van der Waals surface area (Å²) >= 11 is 0. The molecule has 0 fully saturated rings. The third kappa shape index (κ3) is 10.2. The lowest BCUT2D eigenvalue weighted by Gasteiger charge is -2.19. The minimum absolute atomic E-state index is 0.183. The second-order valence-electron chi connectivity index (χ2n) is 4.12. The van der Waals surface area contributed by atoms with E-state index in [-0.39, 0.29) is 12.2 Å². The van der Waals surface area contributed by atoms with E-state index in [4.69, 9.17) is 9.47 Å². The Morgan fingerprint density at radius 3 is 2.47 bits per heavy atom. The predicted molar refractivity (Wildman–Crippen MR) is 64.3 cm³/mol. The van der Waals surface area contributed by atoms with Crippen LogP contribution in [0.2, 0.25) is 0 Å². The monoisotopic (exact) mass is 217 g/mol. The Morgan fingerprint density at radius 2 is 1.87 bits per heavy atom. The zero-order valence-electron chi connectivity index (χ0n) is 10.7. The van der Waals surface area contributed by atoms with Crippen LogP contribution in [0, 0.1) is 0 Å². The number of nitrogens with one attached hydrogen (secondary N) is 1. The first-order chi connectivity index (χ1) is 7.20. The Kier molecular flexibility index (Phi) is 10.3. The van der Waals surface area contributed by atoms with Crippen molar-refractivity contribution in [1.82, 2.24) is 5.32 Å². The van der Waals surface area contributed by atoms with Gasteiger partial charge in [0.1, 0.15) is 0 Å². The molecule has 0 heterocycles. The van der Waals surface area contributed by atoms with Crippen molar-refractivity contribution in [3.63, 3.8) is 0 Å². The van der Waals surface area contributed by atoms with Gasteiger partial charge in [-0.3, -0.25) is 0 Å². The summed E-state index contributed by atoms with van der Waals surface area (Å²) in [4.78, 5) is 0. The Bertz CT molecular complexity index is 131. The molecular weight excluding hydrogens is 190 g/mol. The molecule has 15 heavy (non-hydrogen) atoms. The van der Waals surface area contributed by atoms with E-state index in [0.717, 1.165) is 13.1 Å². The first kappa shape index (κ1) is 14.9. The van der Waals surface area contributed by atoms with Crippen molar-refractivity contribution in [1.29, 1.82) is 0 Å². The van der Waals surface area contributed by atoms with E-state index in [1.807, 2.05) is 6.92 Å². The molecular formula is C12H27NO2. The lowest BCUT2D eigenvalue weighted by atomic mass is 10.2. The van der Waals surface area contributed by atoms with E-state index < -0.39 is 0 Å². The average molecular weight is 217 g/mol. The Morgan fingerprint density at radius 1 is 1.13 bits per heavy atom. The van der Waals surface area contributed by atoms with Gasteiger partial charge in [0.05, 0.1) is 18.8 Å². The van der Waals surface area contributed by atoms with Gasteiger partial charge in [0, 0.05) is 13.7 Å². The Balaban J connectivity index is 3.28. The lowest BCUT2D eigenvalue weighted by Crippen LogP contribution is -2.31. The molecule has 0 aromatic rings. The van der Waals surface area contributed by atoms with Crippen molar-refractivity contribution < 1.29 is 9.47 Å². The molecule has 0 rings (SSSR count). The number of methoxy groups -OCH3 is 1. The first-order valence-electron chi connectivity index (χ1n) is 6.05. The largest absolute Gasteiger partial charge is 0.382 e. The average Bonchev–Trinajstić information content (AvgIpc) is 2.17. The summed E-state index contributed by atoms with van der Waals surface area (Å²) in [7, 11) is 1.70. The summed E-state index contributed by atoms with van der Waals surface area (Å²) in [6.07, 6.45) is 4.29. The third-order valence-corrected chi connectivity index (χ3v) is 2.25. The van der Waals surface area contributed by atoms with Gasteiger partial charge in [-0.05, 0) is 26.8 Å². The topological polar surface area (TPSA) is 30.5 Å². The van der Waals surface area contributed by atoms with Crippen molar-refractivity contribution in [3.8, 4) is 0 Å². The third-order valence-electron chi connectivity index (χ3n) is 2.25. The Labute approximate surface area is 94.5 Å². The summed E-state index contributed by atoms with van der Waals surface area (Å²) in [6.45, 7) is 9.05. The molecule has 0 amide bonds. The second kappa shape index (κ2) is 10.4. The molecule has 0 aliphatic rings. The molecule has 3 nitrogen and oxygen atoms in total. The van der Waals surface area contributed by atoms with Gasteiger partial charge in [-0.2, -0.15) is 0 Å². The fourth-order valence-corrected chi connectivity index (χ4v) is 1.52. The highest BCUT2D eigenvalue weighted by atomic mass is 16.5. The summed E-state index contributed by atoms with van der Waals surface area (Å²) in [6, 6.07) is 0. The van der Waals surface area contributed by atoms with Crippen LogP contribution in [0.4, 0.5) is 0 Å². The van der Waals surface area contributed by atoms with E-state index in [0.29, 0.717) is 6.61 Å². The van der Waals surface area contributed by atoms with Crippen LogP contribution < -0.4 is 5.32 Å². The number of hydrogen-bond acceptors (Lipinski definition) is 3. The zero-order valence-corrected chi connectivity index (χ0v) is 10.7. The van der Waals surface area contributed by atoms with Crippen molar-refractivity contribution >= 4 is 0 Å². The minimum atomic E-state index is 0.183. The van der Waals surface area contributed by atoms with Gasteiger partial charge in [-0.15, -0.1) is 0 Å². The van der Waals surface area contributed by atoms with Crippen molar-refractivity contribution in [2.75, 3.05) is 26.8 Å². The van der Waals surface area contributed by atoms with Gasteiger partial charge in [-0.1, -0.05) is 19.8 Å². The molecule has 0 spiro atoms. The van der Waals surface area contributed by atoms with Crippen LogP contribution in [0.1, 0.15) is 40.0 Å². The smallest absolute Gasteiger partial charge is 0.0784 e. The van der Waals surface area contributed by atoms with E-state index in [9.17, 15) is 0 Å². The highest BCUT2D eigenvalue weighted by molar-refractivity contribution is 4.58. The van der Waals surface area contributed by atoms with Crippen LogP contribution in [-0.2, 0) is 9.47 Å². The van der Waals surface area contributed by atoms with Crippen LogP contribution in [0.5, 0.6) is 0 Å². The first-order valence-corrected chi connectivity index (χ1v) is 6.05. The molecule has 0 saturated heterocycles. The van der Waals surface area contributed by atoms with Crippen LogP contribution >= 0.6 is 0 Å². The van der Waals surface area contributed by atoms with Crippen molar-refractivity contribution in [3.05, 3.63) is 0 Å². The quantitative estimate of drug-likeness (QED) is 0.569. The number of hydrogen-bond donors (Lipinski definition) is 1. The number of unbranched alkanes of at least 4 members (excludes halogenated alkanes) is 2. The van der Waals surface area contributed by atoms with E-state index in [1.165, 1.54) is 19.3 Å². The maximum absolute atomic E-state index is 5.71. The summed E-state index contributed by atoms with van der Waals surface area (Å²) in [5.41, 5.74) is 0. The number of ether oxygens (including phenoxy) is 2. The molecule has 0 radical (unpaired) electrons.